The lowest BCUT2D eigenvalue weighted by Crippen LogP contribution is -2.16. The number of benzene rings is 1. The minimum absolute atomic E-state index is 0.0961. The molecule has 0 fully saturated rings. The molecule has 0 saturated heterocycles. The average Bonchev–Trinajstić information content (AvgIpc) is 2.58. The summed E-state index contributed by atoms with van der Waals surface area (Å²) in [5, 5.41) is 9.29. The lowest BCUT2D eigenvalue weighted by atomic mass is 9.90. The molecule has 128 valence electrons. The van der Waals surface area contributed by atoms with Crippen molar-refractivity contribution in [2.45, 2.75) is 58.3 Å². The second-order valence-corrected chi connectivity index (χ2v) is 6.34. The van der Waals surface area contributed by atoms with Gasteiger partial charge in [-0.3, -0.25) is 4.79 Å². The molecule has 0 saturated carbocycles. The van der Waals surface area contributed by atoms with Crippen molar-refractivity contribution in [1.82, 2.24) is 0 Å². The number of hydrogen-bond donors (Lipinski definition) is 1. The fourth-order valence-electron chi connectivity index (χ4n) is 3.05. The van der Waals surface area contributed by atoms with Crippen LogP contribution in [-0.4, -0.2) is 16.9 Å². The summed E-state index contributed by atoms with van der Waals surface area (Å²) in [4.78, 5) is 23.2. The molecule has 3 heteroatoms. The van der Waals surface area contributed by atoms with E-state index in [1.807, 2.05) is 24.3 Å². The molecule has 0 radical (unpaired) electrons. The Labute approximate surface area is 144 Å². The van der Waals surface area contributed by atoms with E-state index in [0.29, 0.717) is 5.57 Å². The molecule has 0 amide bonds. The van der Waals surface area contributed by atoms with Gasteiger partial charge >= 0.3 is 5.97 Å². The van der Waals surface area contributed by atoms with E-state index in [0.717, 1.165) is 12.0 Å². The smallest absolute Gasteiger partial charge is 0.339 e. The predicted octanol–water partition coefficient (Wildman–Crippen LogP) is 4.96. The van der Waals surface area contributed by atoms with Crippen molar-refractivity contribution in [1.29, 1.82) is 0 Å². The summed E-state index contributed by atoms with van der Waals surface area (Å²) in [5.41, 5.74) is 2.48. The maximum absolute atomic E-state index is 11.8. The number of carbonyl (C=O) groups is 2. The van der Waals surface area contributed by atoms with Gasteiger partial charge in [0.2, 0.25) is 0 Å². The number of ketones is 1. The molecule has 24 heavy (non-hydrogen) atoms. The lowest BCUT2D eigenvalue weighted by Gasteiger charge is -2.12. The summed E-state index contributed by atoms with van der Waals surface area (Å²) in [5.74, 6) is -1.47. The number of allylic oxidation sites excluding steroid dienone is 3. The highest BCUT2D eigenvalue weighted by Gasteiger charge is 2.23. The molecule has 1 N–H and O–H groups in total. The van der Waals surface area contributed by atoms with Crippen LogP contribution < -0.4 is 0 Å². The molecule has 1 aromatic rings. The number of aryl methyl sites for hydroxylation is 1. The zero-order valence-electron chi connectivity index (χ0n) is 14.4. The zero-order chi connectivity index (χ0) is 17.4. The quantitative estimate of drug-likeness (QED) is 0.515. The van der Waals surface area contributed by atoms with Gasteiger partial charge in [0.15, 0.2) is 5.78 Å². The second-order valence-electron chi connectivity index (χ2n) is 6.34. The largest absolute Gasteiger partial charge is 0.478 e. The molecule has 0 aromatic heterocycles. The van der Waals surface area contributed by atoms with Crippen molar-refractivity contribution in [3.8, 4) is 0 Å². The Morgan fingerprint density at radius 3 is 2.38 bits per heavy atom. The van der Waals surface area contributed by atoms with Gasteiger partial charge in [-0.15, -0.1) is 0 Å². The first-order chi connectivity index (χ1) is 11.6. The molecule has 0 aliphatic heterocycles. The third kappa shape index (κ3) is 4.92. The summed E-state index contributed by atoms with van der Waals surface area (Å²) in [6.45, 7) is 2.22. The van der Waals surface area contributed by atoms with Crippen LogP contribution in [0.2, 0.25) is 0 Å². The van der Waals surface area contributed by atoms with Gasteiger partial charge in [0.1, 0.15) is 5.57 Å². The van der Waals surface area contributed by atoms with E-state index in [9.17, 15) is 14.7 Å². The first kappa shape index (κ1) is 18.2. The molecule has 0 atom stereocenters. The van der Waals surface area contributed by atoms with Crippen LogP contribution in [0.1, 0.15) is 63.0 Å². The molecular formula is C21H26O3. The van der Waals surface area contributed by atoms with E-state index in [2.05, 4.69) is 6.92 Å². The molecule has 0 bridgehead atoms. The van der Waals surface area contributed by atoms with E-state index in [1.165, 1.54) is 44.1 Å². The van der Waals surface area contributed by atoms with Gasteiger partial charge in [-0.1, -0.05) is 75.4 Å². The van der Waals surface area contributed by atoms with Crippen molar-refractivity contribution in [3.63, 3.8) is 0 Å². The van der Waals surface area contributed by atoms with Crippen molar-refractivity contribution in [2.24, 2.45) is 0 Å². The maximum atomic E-state index is 11.8. The third-order valence-corrected chi connectivity index (χ3v) is 4.43. The Morgan fingerprint density at radius 2 is 1.71 bits per heavy atom. The van der Waals surface area contributed by atoms with Gasteiger partial charge in [-0.25, -0.2) is 4.79 Å². The summed E-state index contributed by atoms with van der Waals surface area (Å²) in [7, 11) is 0. The lowest BCUT2D eigenvalue weighted by molar-refractivity contribution is -0.134. The molecule has 2 rings (SSSR count). The van der Waals surface area contributed by atoms with Crippen LogP contribution in [0.3, 0.4) is 0 Å². The van der Waals surface area contributed by atoms with E-state index in [1.54, 1.807) is 12.2 Å². The SMILES string of the molecule is CCCCCCCCc1ccc(C2=C(C(=O)O)C(=O)CC=C2)cc1. The van der Waals surface area contributed by atoms with Crippen molar-refractivity contribution in [3.05, 3.63) is 53.1 Å². The Hall–Kier alpha value is -2.16. The number of hydrogen-bond acceptors (Lipinski definition) is 2. The summed E-state index contributed by atoms with van der Waals surface area (Å²) in [6.07, 6.45) is 12.3. The molecule has 0 heterocycles. The van der Waals surface area contributed by atoms with E-state index < -0.39 is 5.97 Å². The van der Waals surface area contributed by atoms with E-state index in [4.69, 9.17) is 0 Å². The number of rotatable bonds is 9. The minimum Gasteiger partial charge on any atom is -0.478 e. The Balaban J connectivity index is 1.99. The molecule has 1 aliphatic rings. The number of carboxylic acid groups (broad SMARTS) is 1. The van der Waals surface area contributed by atoms with Gasteiger partial charge in [0.25, 0.3) is 0 Å². The van der Waals surface area contributed by atoms with Gasteiger partial charge in [0.05, 0.1) is 0 Å². The van der Waals surface area contributed by atoms with Crippen LogP contribution in [0.15, 0.2) is 42.0 Å². The van der Waals surface area contributed by atoms with Crippen molar-refractivity contribution in [2.75, 3.05) is 0 Å². The number of carbonyl (C=O) groups excluding carboxylic acids is 1. The van der Waals surface area contributed by atoms with E-state index >= 15 is 0 Å². The standard InChI is InChI=1S/C21H26O3/c1-2-3-4-5-6-7-9-16-12-14-17(15-13-16)18-10-8-11-19(22)20(18)21(23)24/h8,10,12-15H,2-7,9,11H2,1H3,(H,23,24). The molecule has 1 aromatic carbocycles. The summed E-state index contributed by atoms with van der Waals surface area (Å²) in [6, 6.07) is 7.93. The molecule has 1 aliphatic carbocycles. The number of Topliss-reactive ketones (excluding diaryl/α,β-unsaturated/α-hetero) is 1. The number of unbranched alkanes of at least 4 members (excludes halogenated alkanes) is 5. The first-order valence-corrected chi connectivity index (χ1v) is 8.90. The fourth-order valence-corrected chi connectivity index (χ4v) is 3.05. The predicted molar refractivity (Wildman–Crippen MR) is 96.8 cm³/mol. The minimum atomic E-state index is -1.14. The Kier molecular flexibility index (Phi) is 6.98. The van der Waals surface area contributed by atoms with Crippen LogP contribution in [0.5, 0.6) is 0 Å². The van der Waals surface area contributed by atoms with E-state index in [-0.39, 0.29) is 17.8 Å². The van der Waals surface area contributed by atoms with Crippen LogP contribution in [-0.2, 0) is 16.0 Å². The number of aliphatic carboxylic acids is 1. The maximum Gasteiger partial charge on any atom is 0.339 e. The highest BCUT2D eigenvalue weighted by atomic mass is 16.4. The highest BCUT2D eigenvalue weighted by Crippen LogP contribution is 2.26. The van der Waals surface area contributed by atoms with Crippen LogP contribution >= 0.6 is 0 Å². The van der Waals surface area contributed by atoms with Gasteiger partial charge in [-0.05, 0) is 29.5 Å². The van der Waals surface area contributed by atoms with Crippen LogP contribution in [0.4, 0.5) is 0 Å². The Morgan fingerprint density at radius 1 is 1.04 bits per heavy atom. The molecule has 3 nitrogen and oxygen atoms in total. The van der Waals surface area contributed by atoms with Crippen LogP contribution in [0.25, 0.3) is 5.57 Å². The normalized spacial score (nSPS) is 14.3. The second kappa shape index (κ2) is 9.21. The topological polar surface area (TPSA) is 54.4 Å². The first-order valence-electron chi connectivity index (χ1n) is 8.90. The zero-order valence-corrected chi connectivity index (χ0v) is 14.4. The van der Waals surface area contributed by atoms with Gasteiger partial charge in [0, 0.05) is 6.42 Å². The molecular weight excluding hydrogens is 300 g/mol. The fraction of sp³-hybridized carbons (Fsp3) is 0.429. The summed E-state index contributed by atoms with van der Waals surface area (Å²) < 4.78 is 0. The van der Waals surface area contributed by atoms with Gasteiger partial charge < -0.3 is 5.11 Å². The molecule has 0 spiro atoms. The molecule has 0 unspecified atom stereocenters. The van der Waals surface area contributed by atoms with Crippen LogP contribution in [0, 0.1) is 0 Å². The Bertz CT molecular complexity index is 636. The monoisotopic (exact) mass is 326 g/mol. The van der Waals surface area contributed by atoms with Crippen molar-refractivity contribution < 1.29 is 14.7 Å². The summed E-state index contributed by atoms with van der Waals surface area (Å²) >= 11 is 0. The number of carboxylic acids is 1. The third-order valence-electron chi connectivity index (χ3n) is 4.43. The highest BCUT2D eigenvalue weighted by molar-refractivity contribution is 6.24. The van der Waals surface area contributed by atoms with Gasteiger partial charge in [-0.2, -0.15) is 0 Å². The average molecular weight is 326 g/mol. The van der Waals surface area contributed by atoms with Crippen molar-refractivity contribution >= 4 is 17.3 Å².